The first-order chi connectivity index (χ1) is 13.8. The maximum atomic E-state index is 12.8. The number of rotatable bonds is 8. The van der Waals surface area contributed by atoms with Gasteiger partial charge in [0.2, 0.25) is 0 Å². The molecule has 0 bridgehead atoms. The summed E-state index contributed by atoms with van der Waals surface area (Å²) in [7, 11) is -3.20. The van der Waals surface area contributed by atoms with Crippen LogP contribution in [0.3, 0.4) is 0 Å². The molecule has 1 N–H and O–H groups in total. The predicted octanol–water partition coefficient (Wildman–Crippen LogP) is 4.31. The van der Waals surface area contributed by atoms with E-state index < -0.39 is 15.1 Å². The van der Waals surface area contributed by atoms with E-state index in [0.29, 0.717) is 23.5 Å². The lowest BCUT2D eigenvalue weighted by molar-refractivity contribution is 0.101. The zero-order chi connectivity index (χ0) is 20.9. The quantitative estimate of drug-likeness (QED) is 0.602. The number of hydrogen-bond acceptors (Lipinski definition) is 3. The van der Waals surface area contributed by atoms with Crippen LogP contribution in [0.1, 0.15) is 35.5 Å². The fraction of sp³-hybridized carbons (Fsp3) is 0.261. The average molecular weight is 411 g/mol. The van der Waals surface area contributed by atoms with Crippen molar-refractivity contribution in [2.75, 3.05) is 5.32 Å². The van der Waals surface area contributed by atoms with Crippen LogP contribution in [0.4, 0.5) is 5.69 Å². The van der Waals surface area contributed by atoms with Gasteiger partial charge in [0.25, 0.3) is 5.91 Å². The molecule has 1 amide bonds. The van der Waals surface area contributed by atoms with Crippen LogP contribution in [0.2, 0.25) is 0 Å². The molecular weight excluding hydrogens is 384 g/mol. The van der Waals surface area contributed by atoms with Crippen molar-refractivity contribution in [2.24, 2.45) is 0 Å². The van der Waals surface area contributed by atoms with Gasteiger partial charge in [-0.2, -0.15) is 0 Å². The molecular formula is C23H26N2O3S. The Morgan fingerprint density at radius 2 is 1.69 bits per heavy atom. The third-order valence-corrected chi connectivity index (χ3v) is 6.99. The molecule has 152 valence electrons. The number of sulfone groups is 1. The van der Waals surface area contributed by atoms with Crippen LogP contribution in [-0.4, -0.2) is 24.1 Å². The first-order valence-electron chi connectivity index (χ1n) is 9.66. The summed E-state index contributed by atoms with van der Waals surface area (Å²) in [6, 6.07) is 20.8. The highest BCUT2D eigenvalue weighted by atomic mass is 32.2. The summed E-state index contributed by atoms with van der Waals surface area (Å²) in [6.45, 7) is 4.04. The highest BCUT2D eigenvalue weighted by Crippen LogP contribution is 2.17. The fourth-order valence-corrected chi connectivity index (χ4v) is 4.02. The summed E-state index contributed by atoms with van der Waals surface area (Å²) < 4.78 is 26.3. The molecule has 5 nitrogen and oxygen atoms in total. The van der Waals surface area contributed by atoms with Gasteiger partial charge >= 0.3 is 0 Å². The molecule has 0 aliphatic heterocycles. The molecule has 3 aromatic rings. The van der Waals surface area contributed by atoms with Crippen LogP contribution in [0.15, 0.2) is 72.9 Å². The van der Waals surface area contributed by atoms with Crippen LogP contribution in [-0.2, 0) is 28.6 Å². The second-order valence-electron chi connectivity index (χ2n) is 7.33. The first kappa shape index (κ1) is 20.9. The largest absolute Gasteiger partial charge is 0.343 e. The molecule has 0 spiro atoms. The van der Waals surface area contributed by atoms with Crippen molar-refractivity contribution in [3.8, 4) is 0 Å². The molecule has 3 rings (SSSR count). The van der Waals surface area contributed by atoms with Crippen molar-refractivity contribution in [1.82, 2.24) is 4.57 Å². The molecule has 1 aromatic heterocycles. The maximum absolute atomic E-state index is 12.8. The van der Waals surface area contributed by atoms with E-state index in [4.69, 9.17) is 0 Å². The maximum Gasteiger partial charge on any atom is 0.272 e. The number of anilines is 1. The summed E-state index contributed by atoms with van der Waals surface area (Å²) in [4.78, 5) is 12.8. The van der Waals surface area contributed by atoms with Gasteiger partial charge < -0.3 is 9.88 Å². The lowest BCUT2D eigenvalue weighted by Gasteiger charge is -2.12. The van der Waals surface area contributed by atoms with E-state index in [1.54, 1.807) is 44.2 Å². The molecule has 6 heteroatoms. The van der Waals surface area contributed by atoms with Gasteiger partial charge in [-0.25, -0.2) is 8.42 Å². The number of aromatic nitrogens is 1. The van der Waals surface area contributed by atoms with Crippen molar-refractivity contribution in [1.29, 1.82) is 0 Å². The molecule has 0 aliphatic carbocycles. The molecule has 0 radical (unpaired) electrons. The molecule has 2 aromatic carbocycles. The lowest BCUT2D eigenvalue weighted by atomic mass is 10.1. The van der Waals surface area contributed by atoms with Gasteiger partial charge in [0.05, 0.1) is 11.0 Å². The number of benzene rings is 2. The number of amides is 1. The zero-order valence-corrected chi connectivity index (χ0v) is 17.5. The van der Waals surface area contributed by atoms with Crippen LogP contribution < -0.4 is 5.32 Å². The minimum absolute atomic E-state index is 0.0399. The minimum Gasteiger partial charge on any atom is -0.343 e. The van der Waals surface area contributed by atoms with Crippen LogP contribution >= 0.6 is 0 Å². The summed E-state index contributed by atoms with van der Waals surface area (Å²) in [5.74, 6) is -0.256. The molecule has 29 heavy (non-hydrogen) atoms. The van der Waals surface area contributed by atoms with Crippen molar-refractivity contribution in [3.63, 3.8) is 0 Å². The lowest BCUT2D eigenvalue weighted by Crippen LogP contribution is -2.18. The van der Waals surface area contributed by atoms with Gasteiger partial charge in [0.15, 0.2) is 9.84 Å². The molecule has 0 aliphatic rings. The second kappa shape index (κ2) is 9.09. The standard InChI is InChI=1S/C23H26N2O3S/c1-18(2)29(27,28)17-20-10-6-11-21(16-20)24-23(26)22-12-7-14-25(22)15-13-19-8-4-3-5-9-19/h3-12,14,16,18H,13,15,17H2,1-2H3,(H,24,26). The van der Waals surface area contributed by atoms with Crippen molar-refractivity contribution in [3.05, 3.63) is 89.7 Å². The summed E-state index contributed by atoms with van der Waals surface area (Å²) in [6.07, 6.45) is 2.72. The third kappa shape index (κ3) is 5.57. The van der Waals surface area contributed by atoms with Gasteiger partial charge in [-0.3, -0.25) is 4.79 Å². The van der Waals surface area contributed by atoms with Gasteiger partial charge in [0, 0.05) is 18.4 Å². The number of carbonyl (C=O) groups excluding carboxylic acids is 1. The Balaban J connectivity index is 1.68. The number of nitrogens with one attached hydrogen (secondary N) is 1. The van der Waals surface area contributed by atoms with Crippen LogP contribution in [0.25, 0.3) is 0 Å². The third-order valence-electron chi connectivity index (χ3n) is 4.82. The van der Waals surface area contributed by atoms with E-state index in [2.05, 4.69) is 17.4 Å². The Morgan fingerprint density at radius 1 is 0.966 bits per heavy atom. The molecule has 0 saturated carbocycles. The highest BCUT2D eigenvalue weighted by molar-refractivity contribution is 7.91. The van der Waals surface area contributed by atoms with Crippen molar-refractivity contribution >= 4 is 21.4 Å². The molecule has 0 saturated heterocycles. The van der Waals surface area contributed by atoms with Crippen LogP contribution in [0.5, 0.6) is 0 Å². The van der Waals surface area contributed by atoms with Crippen molar-refractivity contribution in [2.45, 2.75) is 37.8 Å². The molecule has 1 heterocycles. The average Bonchev–Trinajstić information content (AvgIpc) is 3.16. The van der Waals surface area contributed by atoms with E-state index in [0.717, 1.165) is 6.42 Å². The van der Waals surface area contributed by atoms with Gasteiger partial charge in [0.1, 0.15) is 5.69 Å². The topological polar surface area (TPSA) is 68.2 Å². The van der Waals surface area contributed by atoms with E-state index >= 15 is 0 Å². The van der Waals surface area contributed by atoms with E-state index in [1.807, 2.05) is 35.0 Å². The van der Waals surface area contributed by atoms with Gasteiger partial charge in [-0.1, -0.05) is 42.5 Å². The van der Waals surface area contributed by atoms with E-state index in [1.165, 1.54) is 5.56 Å². The molecule has 0 unspecified atom stereocenters. The normalized spacial score (nSPS) is 11.6. The summed E-state index contributed by atoms with van der Waals surface area (Å²) in [5.41, 5.74) is 3.03. The van der Waals surface area contributed by atoms with Gasteiger partial charge in [-0.15, -0.1) is 0 Å². The van der Waals surface area contributed by atoms with Crippen LogP contribution in [0, 0.1) is 0 Å². The Labute approximate surface area is 172 Å². The second-order valence-corrected chi connectivity index (χ2v) is 9.89. The molecule has 0 fully saturated rings. The monoisotopic (exact) mass is 410 g/mol. The minimum atomic E-state index is -3.20. The highest BCUT2D eigenvalue weighted by Gasteiger charge is 2.17. The Hall–Kier alpha value is -2.86. The predicted molar refractivity (Wildman–Crippen MR) is 117 cm³/mol. The Kier molecular flexibility index (Phi) is 6.54. The Bertz CT molecular complexity index is 1070. The summed E-state index contributed by atoms with van der Waals surface area (Å²) >= 11 is 0. The smallest absolute Gasteiger partial charge is 0.272 e. The van der Waals surface area contributed by atoms with Gasteiger partial charge in [-0.05, 0) is 55.7 Å². The van der Waals surface area contributed by atoms with Crippen molar-refractivity contribution < 1.29 is 13.2 Å². The number of carbonyl (C=O) groups is 1. The number of nitrogens with zero attached hydrogens (tertiary/aromatic N) is 1. The number of hydrogen-bond donors (Lipinski definition) is 1. The SMILES string of the molecule is CC(C)S(=O)(=O)Cc1cccc(NC(=O)c2cccn2CCc2ccccc2)c1. The molecule has 0 atom stereocenters. The number of aryl methyl sites for hydroxylation is 2. The Morgan fingerprint density at radius 3 is 2.41 bits per heavy atom. The fourth-order valence-electron chi connectivity index (χ4n) is 3.04. The summed E-state index contributed by atoms with van der Waals surface area (Å²) in [5, 5.41) is 2.45. The zero-order valence-electron chi connectivity index (χ0n) is 16.7. The first-order valence-corrected chi connectivity index (χ1v) is 11.4. The van der Waals surface area contributed by atoms with E-state index in [-0.39, 0.29) is 11.7 Å². The van der Waals surface area contributed by atoms with E-state index in [9.17, 15) is 13.2 Å².